The van der Waals surface area contributed by atoms with Crippen LogP contribution in [0.4, 0.5) is 5.69 Å². The molecule has 25 heavy (non-hydrogen) atoms. The summed E-state index contributed by atoms with van der Waals surface area (Å²) in [6, 6.07) is 7.74. The molecule has 1 amide bonds. The van der Waals surface area contributed by atoms with Gasteiger partial charge in [0.15, 0.2) is 0 Å². The lowest BCUT2D eigenvalue weighted by atomic mass is 9.85. The number of amides is 1. The number of anilines is 1. The van der Waals surface area contributed by atoms with Gasteiger partial charge in [0, 0.05) is 23.2 Å². The Morgan fingerprint density at radius 2 is 2.00 bits per heavy atom. The predicted octanol–water partition coefficient (Wildman–Crippen LogP) is 2.84. The minimum absolute atomic E-state index is 0.0326. The van der Waals surface area contributed by atoms with Gasteiger partial charge in [0.05, 0.1) is 12.2 Å². The Balaban J connectivity index is 1.54. The van der Waals surface area contributed by atoms with Crippen molar-refractivity contribution in [2.45, 2.75) is 49.1 Å². The number of nitrogens with zero attached hydrogens (tertiary/aromatic N) is 2. The molecule has 0 aromatic heterocycles. The average Bonchev–Trinajstić information content (AvgIpc) is 3.00. The average molecular weight is 360 g/mol. The normalized spacial score (nSPS) is 29.1. The lowest BCUT2D eigenvalue weighted by molar-refractivity contribution is -0.143. The van der Waals surface area contributed by atoms with Gasteiger partial charge in [0.25, 0.3) is 0 Å². The molecule has 0 unspecified atom stereocenters. The molecule has 4 rings (SSSR count). The Hall–Kier alpha value is -1.53. The molecule has 1 aromatic carbocycles. The summed E-state index contributed by atoms with van der Waals surface area (Å²) in [4.78, 5) is 29.7. The second-order valence-electron chi connectivity index (χ2n) is 7.24. The van der Waals surface area contributed by atoms with Gasteiger partial charge in [-0.05, 0) is 37.3 Å². The first-order chi connectivity index (χ1) is 12.1. The first kappa shape index (κ1) is 16.9. The summed E-state index contributed by atoms with van der Waals surface area (Å²) in [6.07, 6.45) is 5.14. The summed E-state index contributed by atoms with van der Waals surface area (Å²) < 4.78 is 0. The summed E-state index contributed by atoms with van der Waals surface area (Å²) in [5.74, 6) is 0.575. The van der Waals surface area contributed by atoms with Crippen molar-refractivity contribution in [2.75, 3.05) is 23.7 Å². The zero-order valence-electron chi connectivity index (χ0n) is 14.3. The number of para-hydroxylation sites is 1. The lowest BCUT2D eigenvalue weighted by Crippen LogP contribution is -2.49. The van der Waals surface area contributed by atoms with Crippen LogP contribution in [0.1, 0.15) is 32.1 Å². The van der Waals surface area contributed by atoms with Crippen molar-refractivity contribution in [3.63, 3.8) is 0 Å². The smallest absolute Gasteiger partial charge is 0.320 e. The molecule has 1 aromatic rings. The third kappa shape index (κ3) is 3.17. The van der Waals surface area contributed by atoms with Gasteiger partial charge in [-0.15, -0.1) is 11.8 Å². The number of hydrogen-bond donors (Lipinski definition) is 1. The molecule has 1 saturated heterocycles. The van der Waals surface area contributed by atoms with Crippen molar-refractivity contribution in [2.24, 2.45) is 5.92 Å². The van der Waals surface area contributed by atoms with Crippen molar-refractivity contribution in [1.82, 2.24) is 4.90 Å². The van der Waals surface area contributed by atoms with Crippen molar-refractivity contribution in [3.8, 4) is 0 Å². The number of carbonyl (C=O) groups is 2. The van der Waals surface area contributed by atoms with Crippen LogP contribution < -0.4 is 4.90 Å². The third-order valence-electron chi connectivity index (χ3n) is 5.85. The van der Waals surface area contributed by atoms with Crippen LogP contribution in [0.3, 0.4) is 0 Å². The number of aliphatic carboxylic acids is 1. The Bertz CT molecular complexity index is 680. The predicted molar refractivity (Wildman–Crippen MR) is 98.0 cm³/mol. The maximum absolute atomic E-state index is 13.0. The van der Waals surface area contributed by atoms with Crippen molar-refractivity contribution in [1.29, 1.82) is 0 Å². The summed E-state index contributed by atoms with van der Waals surface area (Å²) in [7, 11) is 0. The van der Waals surface area contributed by atoms with Crippen molar-refractivity contribution in [3.05, 3.63) is 24.3 Å². The maximum atomic E-state index is 13.0. The second kappa shape index (κ2) is 7.00. The molecule has 2 fully saturated rings. The van der Waals surface area contributed by atoms with E-state index in [1.807, 2.05) is 34.1 Å². The molecule has 1 aliphatic carbocycles. The maximum Gasteiger partial charge on any atom is 0.320 e. The Labute approximate surface area is 152 Å². The molecule has 0 radical (unpaired) electrons. The van der Waals surface area contributed by atoms with Gasteiger partial charge >= 0.3 is 5.97 Å². The number of thioether (sulfide) groups is 1. The number of carboxylic acid groups (broad SMARTS) is 1. The van der Waals surface area contributed by atoms with Gasteiger partial charge in [-0.2, -0.15) is 0 Å². The second-order valence-corrected chi connectivity index (χ2v) is 8.37. The zero-order chi connectivity index (χ0) is 17.4. The molecule has 2 heterocycles. The molecular weight excluding hydrogens is 336 g/mol. The highest BCUT2D eigenvalue weighted by atomic mass is 32.2. The van der Waals surface area contributed by atoms with E-state index < -0.39 is 12.0 Å². The minimum Gasteiger partial charge on any atom is -0.480 e. The highest BCUT2D eigenvalue weighted by Crippen LogP contribution is 2.40. The quantitative estimate of drug-likeness (QED) is 0.898. The molecule has 134 valence electrons. The van der Waals surface area contributed by atoms with Crippen molar-refractivity contribution >= 4 is 29.3 Å². The van der Waals surface area contributed by atoms with E-state index in [-0.39, 0.29) is 18.5 Å². The van der Waals surface area contributed by atoms with E-state index in [0.29, 0.717) is 18.9 Å². The fraction of sp³-hybridized carbons (Fsp3) is 0.579. The lowest BCUT2D eigenvalue weighted by Gasteiger charge is -2.35. The molecule has 6 heteroatoms. The van der Waals surface area contributed by atoms with Crippen molar-refractivity contribution < 1.29 is 14.7 Å². The number of hydrogen-bond acceptors (Lipinski definition) is 4. The molecule has 1 N–H and O–H groups in total. The Morgan fingerprint density at radius 3 is 2.84 bits per heavy atom. The van der Waals surface area contributed by atoms with E-state index in [4.69, 9.17) is 0 Å². The van der Waals surface area contributed by atoms with E-state index in [2.05, 4.69) is 0 Å². The Kier molecular flexibility index (Phi) is 4.73. The standard InChI is InChI=1S/C19H24N2O3S/c22-18(20-9-10-25-17-8-4-3-7-15(17)20)12-21-14-6-2-1-5-13(14)11-16(21)19(23)24/h3-4,7-8,13-14,16H,1-2,5-6,9-12H2,(H,23,24)/t13-,14-,16-/m0/s1. The third-order valence-corrected chi connectivity index (χ3v) is 6.90. The van der Waals surface area contributed by atoms with Crippen LogP contribution >= 0.6 is 11.8 Å². The monoisotopic (exact) mass is 360 g/mol. The number of carbonyl (C=O) groups excluding carboxylic acids is 1. The van der Waals surface area contributed by atoms with E-state index in [1.165, 1.54) is 6.42 Å². The van der Waals surface area contributed by atoms with Gasteiger partial charge in [-0.25, -0.2) is 0 Å². The number of benzene rings is 1. The first-order valence-corrected chi connectivity index (χ1v) is 10.1. The zero-order valence-corrected chi connectivity index (χ0v) is 15.1. The van der Waals surface area contributed by atoms with Gasteiger partial charge < -0.3 is 10.0 Å². The van der Waals surface area contributed by atoms with E-state index in [1.54, 1.807) is 11.8 Å². The molecule has 3 atom stereocenters. The topological polar surface area (TPSA) is 60.9 Å². The number of likely N-dealkylation sites (tertiary alicyclic amines) is 1. The van der Waals surface area contributed by atoms with Crippen LogP contribution in [0, 0.1) is 5.92 Å². The van der Waals surface area contributed by atoms with Gasteiger partial charge in [-0.1, -0.05) is 25.0 Å². The van der Waals surface area contributed by atoms with E-state index in [0.717, 1.165) is 35.6 Å². The van der Waals surface area contributed by atoms with Crippen LogP contribution in [-0.2, 0) is 9.59 Å². The van der Waals surface area contributed by atoms with Gasteiger partial charge in [0.1, 0.15) is 6.04 Å². The fourth-order valence-electron chi connectivity index (χ4n) is 4.69. The van der Waals surface area contributed by atoms with Crippen LogP contribution in [0.25, 0.3) is 0 Å². The SMILES string of the molecule is O=C(O)[C@@H]1C[C@@H]2CCCC[C@@H]2N1CC(=O)N1CCSc2ccccc21. The summed E-state index contributed by atoms with van der Waals surface area (Å²) in [5.41, 5.74) is 0.968. The molecule has 0 bridgehead atoms. The highest BCUT2D eigenvalue weighted by Gasteiger charge is 2.46. The summed E-state index contributed by atoms with van der Waals surface area (Å²) >= 11 is 1.77. The van der Waals surface area contributed by atoms with Crippen LogP contribution in [-0.4, -0.2) is 52.8 Å². The highest BCUT2D eigenvalue weighted by molar-refractivity contribution is 7.99. The number of rotatable bonds is 3. The van der Waals surface area contributed by atoms with E-state index in [9.17, 15) is 14.7 Å². The summed E-state index contributed by atoms with van der Waals surface area (Å²) in [6.45, 7) is 0.914. The minimum atomic E-state index is -0.781. The largest absolute Gasteiger partial charge is 0.480 e. The van der Waals surface area contributed by atoms with Crippen LogP contribution in [0.15, 0.2) is 29.2 Å². The first-order valence-electron chi connectivity index (χ1n) is 9.16. The molecule has 0 spiro atoms. The number of carboxylic acids is 1. The van der Waals surface area contributed by atoms with Crippen LogP contribution in [0.2, 0.25) is 0 Å². The molecule has 3 aliphatic rings. The Morgan fingerprint density at radius 1 is 1.20 bits per heavy atom. The summed E-state index contributed by atoms with van der Waals surface area (Å²) in [5, 5.41) is 9.64. The molecule has 2 aliphatic heterocycles. The molecule has 5 nitrogen and oxygen atoms in total. The van der Waals surface area contributed by atoms with Crippen LogP contribution in [0.5, 0.6) is 0 Å². The molecule has 1 saturated carbocycles. The molecular formula is C19H24N2O3S. The fourth-order valence-corrected chi connectivity index (χ4v) is 5.69. The number of fused-ring (bicyclic) bond motifs is 2. The van der Waals surface area contributed by atoms with Gasteiger partial charge in [-0.3, -0.25) is 14.5 Å². The van der Waals surface area contributed by atoms with E-state index >= 15 is 0 Å². The van der Waals surface area contributed by atoms with Gasteiger partial charge in [0.2, 0.25) is 5.91 Å².